The van der Waals surface area contributed by atoms with Crippen molar-refractivity contribution >= 4 is 22.2 Å². The van der Waals surface area contributed by atoms with E-state index in [0.29, 0.717) is 12.0 Å². The number of benzene rings is 1. The summed E-state index contributed by atoms with van der Waals surface area (Å²) in [4.78, 5) is 10.5. The zero-order chi connectivity index (χ0) is 10.8. The molecule has 0 aliphatic carbocycles. The fraction of sp³-hybridized carbons (Fsp3) is 0. The average molecular weight is 269 g/mol. The Morgan fingerprint density at radius 2 is 2.20 bits per heavy atom. The van der Waals surface area contributed by atoms with Crippen LogP contribution in [0.1, 0.15) is 10.4 Å². The fourth-order valence-electron chi connectivity index (χ4n) is 1.24. The third kappa shape index (κ3) is 2.12. The molecular formula is C10H6BrFN2O. The van der Waals surface area contributed by atoms with Gasteiger partial charge >= 0.3 is 0 Å². The van der Waals surface area contributed by atoms with Gasteiger partial charge in [0.2, 0.25) is 0 Å². The number of carbonyl (C=O) groups is 1. The van der Waals surface area contributed by atoms with Gasteiger partial charge in [-0.2, -0.15) is 5.10 Å². The molecule has 5 heteroatoms. The maximum atomic E-state index is 13.1. The smallest absolute Gasteiger partial charge is 0.150 e. The van der Waals surface area contributed by atoms with Gasteiger partial charge < -0.3 is 0 Å². The van der Waals surface area contributed by atoms with Crippen LogP contribution in [0.3, 0.4) is 0 Å². The molecule has 0 aliphatic rings. The van der Waals surface area contributed by atoms with Gasteiger partial charge in [0, 0.05) is 11.8 Å². The molecule has 0 atom stereocenters. The average Bonchev–Trinajstić information content (AvgIpc) is 2.64. The maximum Gasteiger partial charge on any atom is 0.150 e. The van der Waals surface area contributed by atoms with Crippen LogP contribution in [0, 0.1) is 5.82 Å². The molecule has 1 heterocycles. The van der Waals surface area contributed by atoms with Crippen LogP contribution in [0.25, 0.3) is 5.69 Å². The van der Waals surface area contributed by atoms with E-state index in [1.54, 1.807) is 18.5 Å². The van der Waals surface area contributed by atoms with Gasteiger partial charge in [0.1, 0.15) is 12.1 Å². The number of aromatic nitrogens is 2. The predicted molar refractivity (Wildman–Crippen MR) is 56.6 cm³/mol. The van der Waals surface area contributed by atoms with Crippen molar-refractivity contribution in [3.8, 4) is 5.69 Å². The highest BCUT2D eigenvalue weighted by molar-refractivity contribution is 9.10. The molecule has 1 aromatic heterocycles. The molecule has 0 fully saturated rings. The van der Waals surface area contributed by atoms with Gasteiger partial charge in [-0.3, -0.25) is 4.79 Å². The van der Waals surface area contributed by atoms with Crippen molar-refractivity contribution in [2.45, 2.75) is 0 Å². The summed E-state index contributed by atoms with van der Waals surface area (Å²) in [6.07, 6.45) is 3.87. The van der Waals surface area contributed by atoms with E-state index in [1.807, 2.05) is 0 Å². The molecule has 76 valence electrons. The number of carbonyl (C=O) groups excluding carboxylic acids is 1. The van der Waals surface area contributed by atoms with Gasteiger partial charge in [-0.1, -0.05) is 0 Å². The fourth-order valence-corrected chi connectivity index (χ4v) is 1.52. The number of halogens is 2. The Kier molecular flexibility index (Phi) is 2.64. The van der Waals surface area contributed by atoms with E-state index in [4.69, 9.17) is 0 Å². The molecule has 15 heavy (non-hydrogen) atoms. The van der Waals surface area contributed by atoms with E-state index in [-0.39, 0.29) is 5.56 Å². The second-order valence-corrected chi connectivity index (χ2v) is 3.88. The lowest BCUT2D eigenvalue weighted by Gasteiger charge is -2.02. The first-order valence-electron chi connectivity index (χ1n) is 4.15. The Morgan fingerprint density at radius 3 is 2.80 bits per heavy atom. The molecule has 3 nitrogen and oxygen atoms in total. The lowest BCUT2D eigenvalue weighted by Crippen LogP contribution is -1.96. The van der Waals surface area contributed by atoms with Crippen LogP contribution in [-0.2, 0) is 0 Å². The number of aldehydes is 1. The molecule has 0 saturated heterocycles. The Balaban J connectivity index is 2.52. The molecule has 0 radical (unpaired) electrons. The van der Waals surface area contributed by atoms with Gasteiger partial charge in [0.15, 0.2) is 0 Å². The highest BCUT2D eigenvalue weighted by Gasteiger charge is 2.03. The van der Waals surface area contributed by atoms with Crippen molar-refractivity contribution in [3.05, 3.63) is 46.4 Å². The first-order valence-corrected chi connectivity index (χ1v) is 4.94. The first kappa shape index (κ1) is 10.0. The summed E-state index contributed by atoms with van der Waals surface area (Å²) >= 11 is 3.24. The van der Waals surface area contributed by atoms with E-state index in [0.717, 1.165) is 4.47 Å². The van der Waals surface area contributed by atoms with E-state index < -0.39 is 5.82 Å². The molecule has 2 rings (SSSR count). The van der Waals surface area contributed by atoms with E-state index >= 15 is 0 Å². The Labute approximate surface area is 93.7 Å². The zero-order valence-electron chi connectivity index (χ0n) is 7.52. The highest BCUT2D eigenvalue weighted by atomic mass is 79.9. The molecule has 0 amide bonds. The third-order valence-electron chi connectivity index (χ3n) is 1.86. The second-order valence-electron chi connectivity index (χ2n) is 2.96. The molecule has 1 aromatic carbocycles. The molecule has 0 aliphatic heterocycles. The quantitative estimate of drug-likeness (QED) is 0.785. The van der Waals surface area contributed by atoms with Crippen LogP contribution in [0.2, 0.25) is 0 Å². The summed E-state index contributed by atoms with van der Waals surface area (Å²) in [6, 6.07) is 4.05. The summed E-state index contributed by atoms with van der Waals surface area (Å²) in [7, 11) is 0. The van der Waals surface area contributed by atoms with Crippen LogP contribution in [0.15, 0.2) is 35.1 Å². The van der Waals surface area contributed by atoms with E-state index in [2.05, 4.69) is 21.0 Å². The van der Waals surface area contributed by atoms with Crippen molar-refractivity contribution in [2.75, 3.05) is 0 Å². The largest absolute Gasteiger partial charge is 0.298 e. The first-order chi connectivity index (χ1) is 7.19. The van der Waals surface area contributed by atoms with Crippen LogP contribution < -0.4 is 0 Å². The topological polar surface area (TPSA) is 34.9 Å². The number of rotatable bonds is 2. The van der Waals surface area contributed by atoms with Crippen molar-refractivity contribution in [1.82, 2.24) is 9.78 Å². The molecule has 0 bridgehead atoms. The minimum atomic E-state index is -0.457. The minimum Gasteiger partial charge on any atom is -0.298 e. The normalized spacial score (nSPS) is 10.3. The summed E-state index contributed by atoms with van der Waals surface area (Å²) in [5, 5.41) is 3.99. The minimum absolute atomic E-state index is 0.289. The van der Waals surface area contributed by atoms with Crippen molar-refractivity contribution in [2.24, 2.45) is 0 Å². The monoisotopic (exact) mass is 268 g/mol. The van der Waals surface area contributed by atoms with Crippen LogP contribution in [0.4, 0.5) is 4.39 Å². The summed E-state index contributed by atoms with van der Waals surface area (Å²) in [5.74, 6) is -0.457. The van der Waals surface area contributed by atoms with Crippen molar-refractivity contribution in [1.29, 1.82) is 0 Å². The van der Waals surface area contributed by atoms with Crippen LogP contribution >= 0.6 is 15.9 Å². The zero-order valence-corrected chi connectivity index (χ0v) is 9.11. The lowest BCUT2D eigenvalue weighted by molar-refractivity contribution is 0.112. The van der Waals surface area contributed by atoms with Crippen molar-refractivity contribution in [3.63, 3.8) is 0 Å². The standard InChI is InChI=1S/C10H6BrFN2O/c11-8-4-13-14(5-8)10-2-7(6-15)1-9(12)3-10/h1-6H. The third-order valence-corrected chi connectivity index (χ3v) is 2.27. The molecular weight excluding hydrogens is 263 g/mol. The van der Waals surface area contributed by atoms with Gasteiger partial charge in [0.05, 0.1) is 16.4 Å². The maximum absolute atomic E-state index is 13.1. The Hall–Kier alpha value is -1.49. The number of hydrogen-bond acceptors (Lipinski definition) is 2. The molecule has 0 saturated carbocycles. The van der Waals surface area contributed by atoms with Gasteiger partial charge in [-0.25, -0.2) is 9.07 Å². The van der Waals surface area contributed by atoms with E-state index in [9.17, 15) is 9.18 Å². The van der Waals surface area contributed by atoms with Crippen LogP contribution in [0.5, 0.6) is 0 Å². The number of nitrogens with zero attached hydrogens (tertiary/aromatic N) is 2. The molecule has 0 spiro atoms. The molecule has 0 N–H and O–H groups in total. The SMILES string of the molecule is O=Cc1cc(F)cc(-n2cc(Br)cn2)c1. The predicted octanol–water partition coefficient (Wildman–Crippen LogP) is 2.59. The van der Waals surface area contributed by atoms with Gasteiger partial charge in [-0.05, 0) is 34.1 Å². The van der Waals surface area contributed by atoms with Crippen molar-refractivity contribution < 1.29 is 9.18 Å². The van der Waals surface area contributed by atoms with Gasteiger partial charge in [-0.15, -0.1) is 0 Å². The van der Waals surface area contributed by atoms with Gasteiger partial charge in [0.25, 0.3) is 0 Å². The summed E-state index contributed by atoms with van der Waals surface area (Å²) in [5.41, 5.74) is 0.805. The summed E-state index contributed by atoms with van der Waals surface area (Å²) in [6.45, 7) is 0. The lowest BCUT2D eigenvalue weighted by atomic mass is 10.2. The molecule has 2 aromatic rings. The number of hydrogen-bond donors (Lipinski definition) is 0. The van der Waals surface area contributed by atoms with Crippen LogP contribution in [-0.4, -0.2) is 16.1 Å². The Morgan fingerprint density at radius 1 is 1.40 bits per heavy atom. The second kappa shape index (κ2) is 3.94. The van der Waals surface area contributed by atoms with E-state index in [1.165, 1.54) is 16.8 Å². The summed E-state index contributed by atoms with van der Waals surface area (Å²) < 4.78 is 15.4. The molecule has 0 unspecified atom stereocenters. The highest BCUT2D eigenvalue weighted by Crippen LogP contribution is 2.15. The Bertz CT molecular complexity index is 510.